The van der Waals surface area contributed by atoms with Crippen molar-refractivity contribution < 1.29 is 24.2 Å². The molecule has 1 fully saturated rings. The van der Waals surface area contributed by atoms with Crippen molar-refractivity contribution in [2.75, 3.05) is 26.2 Å². The zero-order valence-corrected chi connectivity index (χ0v) is 20.7. The van der Waals surface area contributed by atoms with Gasteiger partial charge < -0.3 is 20.1 Å². The Labute approximate surface area is 206 Å². The number of hydrogen-bond acceptors (Lipinski definition) is 4. The zero-order chi connectivity index (χ0) is 25.2. The number of likely N-dealkylation sites (tertiary alicyclic amines) is 1. The number of fused-ring (bicyclic) bond motifs is 3. The van der Waals surface area contributed by atoms with E-state index in [4.69, 9.17) is 4.74 Å². The first kappa shape index (κ1) is 24.8. The van der Waals surface area contributed by atoms with Gasteiger partial charge in [0.15, 0.2) is 0 Å². The van der Waals surface area contributed by atoms with Gasteiger partial charge in [0.05, 0.1) is 5.41 Å². The van der Waals surface area contributed by atoms with Gasteiger partial charge in [0, 0.05) is 31.0 Å². The minimum atomic E-state index is -0.856. The summed E-state index contributed by atoms with van der Waals surface area (Å²) in [4.78, 5) is 38.9. The van der Waals surface area contributed by atoms with Crippen molar-refractivity contribution in [3.63, 3.8) is 0 Å². The van der Waals surface area contributed by atoms with Crippen LogP contribution in [0.1, 0.15) is 57.1 Å². The molecule has 1 saturated heterocycles. The fourth-order valence-corrected chi connectivity index (χ4v) is 5.32. The Balaban J connectivity index is 1.28. The topological polar surface area (TPSA) is 95.9 Å². The van der Waals surface area contributed by atoms with Crippen molar-refractivity contribution >= 4 is 18.0 Å². The van der Waals surface area contributed by atoms with Gasteiger partial charge >= 0.3 is 12.1 Å². The van der Waals surface area contributed by atoms with E-state index in [0.717, 1.165) is 11.1 Å². The third-order valence-corrected chi connectivity index (χ3v) is 7.71. The molecule has 2 N–H and O–H groups in total. The van der Waals surface area contributed by atoms with Crippen LogP contribution < -0.4 is 5.32 Å². The fraction of sp³-hybridized carbons (Fsp3) is 0.464. The second-order valence-corrected chi connectivity index (χ2v) is 10.3. The molecule has 2 amide bonds. The van der Waals surface area contributed by atoms with Crippen LogP contribution in [0.25, 0.3) is 11.1 Å². The highest BCUT2D eigenvalue weighted by Gasteiger charge is 2.47. The monoisotopic (exact) mass is 478 g/mol. The van der Waals surface area contributed by atoms with Crippen LogP contribution in [-0.4, -0.2) is 54.2 Å². The summed E-state index contributed by atoms with van der Waals surface area (Å²) in [5.74, 6) is -0.928. The molecule has 4 rings (SSSR count). The molecule has 35 heavy (non-hydrogen) atoms. The molecule has 0 bridgehead atoms. The molecule has 0 radical (unpaired) electrons. The summed E-state index contributed by atoms with van der Waals surface area (Å²) in [5, 5.41) is 12.4. The van der Waals surface area contributed by atoms with Gasteiger partial charge in [-0.3, -0.25) is 9.59 Å². The lowest BCUT2D eigenvalue weighted by Gasteiger charge is -2.30. The van der Waals surface area contributed by atoms with Gasteiger partial charge in [-0.25, -0.2) is 4.79 Å². The standard InChI is InChI=1S/C28H34N2O5/c1-4-28(25(32)33)14-16-30(18-28)24(31)27(2,3)13-15-29-26(34)35-17-23-21-11-7-5-9-19(21)20-10-6-8-12-22(20)23/h5-12,23H,4,13-18H2,1-3H3,(H,29,34)(H,32,33). The summed E-state index contributed by atoms with van der Waals surface area (Å²) in [6.45, 7) is 6.74. The predicted octanol–water partition coefficient (Wildman–Crippen LogP) is 4.65. The molecule has 2 aromatic carbocycles. The zero-order valence-electron chi connectivity index (χ0n) is 20.7. The molecule has 1 heterocycles. The first-order valence-corrected chi connectivity index (χ1v) is 12.3. The van der Waals surface area contributed by atoms with Gasteiger partial charge in [0.25, 0.3) is 0 Å². The number of nitrogens with one attached hydrogen (secondary N) is 1. The lowest BCUT2D eigenvalue weighted by Crippen LogP contribution is -2.43. The van der Waals surface area contributed by atoms with Crippen LogP contribution in [0.2, 0.25) is 0 Å². The van der Waals surface area contributed by atoms with Crippen molar-refractivity contribution in [2.24, 2.45) is 10.8 Å². The number of hydrogen-bond donors (Lipinski definition) is 2. The van der Waals surface area contributed by atoms with E-state index in [0.29, 0.717) is 32.4 Å². The number of carbonyl (C=O) groups is 3. The van der Waals surface area contributed by atoms with E-state index < -0.39 is 22.9 Å². The first-order valence-electron chi connectivity index (χ1n) is 12.3. The number of benzene rings is 2. The predicted molar refractivity (Wildman–Crippen MR) is 133 cm³/mol. The van der Waals surface area contributed by atoms with Gasteiger partial charge in [-0.1, -0.05) is 69.3 Å². The molecule has 1 aliphatic heterocycles. The molecular weight excluding hydrogens is 444 g/mol. The van der Waals surface area contributed by atoms with Crippen molar-refractivity contribution in [1.82, 2.24) is 10.2 Å². The number of rotatable bonds is 8. The smallest absolute Gasteiger partial charge is 0.407 e. The van der Waals surface area contributed by atoms with Crippen LogP contribution in [0.15, 0.2) is 48.5 Å². The lowest BCUT2D eigenvalue weighted by molar-refractivity contribution is -0.149. The van der Waals surface area contributed by atoms with Crippen molar-refractivity contribution in [3.8, 4) is 11.1 Å². The van der Waals surface area contributed by atoms with Gasteiger partial charge in [0.1, 0.15) is 6.61 Å². The van der Waals surface area contributed by atoms with E-state index in [-0.39, 0.29) is 25.0 Å². The van der Waals surface area contributed by atoms with Crippen LogP contribution in [-0.2, 0) is 14.3 Å². The molecule has 2 aromatic rings. The lowest BCUT2D eigenvalue weighted by atomic mass is 9.84. The van der Waals surface area contributed by atoms with Gasteiger partial charge in [-0.2, -0.15) is 0 Å². The summed E-state index contributed by atoms with van der Waals surface area (Å²) in [7, 11) is 0. The second-order valence-electron chi connectivity index (χ2n) is 10.3. The van der Waals surface area contributed by atoms with Crippen LogP contribution >= 0.6 is 0 Å². The van der Waals surface area contributed by atoms with Gasteiger partial charge in [0.2, 0.25) is 5.91 Å². The van der Waals surface area contributed by atoms with E-state index in [2.05, 4.69) is 29.6 Å². The quantitative estimate of drug-likeness (QED) is 0.576. The Morgan fingerprint density at radius 2 is 1.69 bits per heavy atom. The normalized spacial score (nSPS) is 19.2. The van der Waals surface area contributed by atoms with E-state index >= 15 is 0 Å². The summed E-state index contributed by atoms with van der Waals surface area (Å²) in [5.41, 5.74) is 3.08. The maximum absolute atomic E-state index is 13.1. The fourth-order valence-electron chi connectivity index (χ4n) is 5.32. The van der Waals surface area contributed by atoms with Crippen LogP contribution in [0.3, 0.4) is 0 Å². The molecule has 0 aromatic heterocycles. The Morgan fingerprint density at radius 1 is 1.09 bits per heavy atom. The largest absolute Gasteiger partial charge is 0.481 e. The van der Waals surface area contributed by atoms with Crippen LogP contribution in [0.4, 0.5) is 4.79 Å². The molecule has 1 unspecified atom stereocenters. The Morgan fingerprint density at radius 3 is 2.23 bits per heavy atom. The van der Waals surface area contributed by atoms with Crippen LogP contribution in [0.5, 0.6) is 0 Å². The number of ether oxygens (including phenoxy) is 1. The van der Waals surface area contributed by atoms with Gasteiger partial charge in [-0.05, 0) is 41.5 Å². The molecule has 0 saturated carbocycles. The second kappa shape index (κ2) is 9.72. The molecule has 1 aliphatic carbocycles. The Kier molecular flexibility index (Phi) is 6.88. The summed E-state index contributed by atoms with van der Waals surface area (Å²) < 4.78 is 5.57. The van der Waals surface area contributed by atoms with Crippen molar-refractivity contribution in [2.45, 2.75) is 46.0 Å². The van der Waals surface area contributed by atoms with Crippen LogP contribution in [0, 0.1) is 10.8 Å². The minimum Gasteiger partial charge on any atom is -0.481 e. The van der Waals surface area contributed by atoms with Crippen molar-refractivity contribution in [1.29, 1.82) is 0 Å². The number of carbonyl (C=O) groups excluding carboxylic acids is 2. The number of amides is 2. The molecule has 7 heteroatoms. The Bertz CT molecular complexity index is 1080. The number of alkyl carbamates (subject to hydrolysis) is 1. The molecule has 1 atom stereocenters. The number of carboxylic acid groups (broad SMARTS) is 1. The number of carboxylic acids is 1. The molecular formula is C28H34N2O5. The van der Waals surface area contributed by atoms with Gasteiger partial charge in [-0.15, -0.1) is 0 Å². The summed E-state index contributed by atoms with van der Waals surface area (Å²) in [6.07, 6.45) is 0.889. The average Bonchev–Trinajstić information content (AvgIpc) is 3.43. The highest BCUT2D eigenvalue weighted by molar-refractivity contribution is 5.84. The maximum Gasteiger partial charge on any atom is 0.407 e. The first-order chi connectivity index (χ1) is 16.7. The van der Waals surface area contributed by atoms with Crippen molar-refractivity contribution in [3.05, 3.63) is 59.7 Å². The molecule has 2 aliphatic rings. The highest BCUT2D eigenvalue weighted by Crippen LogP contribution is 2.44. The Hall–Kier alpha value is -3.35. The number of aliphatic carboxylic acids is 1. The minimum absolute atomic E-state index is 0.00518. The molecule has 7 nitrogen and oxygen atoms in total. The molecule has 186 valence electrons. The van der Waals surface area contributed by atoms with E-state index in [1.54, 1.807) is 4.90 Å². The maximum atomic E-state index is 13.1. The third-order valence-electron chi connectivity index (χ3n) is 7.71. The van der Waals surface area contributed by atoms with E-state index in [1.807, 2.05) is 45.0 Å². The SMILES string of the molecule is CCC1(C(=O)O)CCN(C(=O)C(C)(C)CCNC(=O)OCC2c3ccccc3-c3ccccc32)C1. The number of nitrogens with zero attached hydrogens (tertiary/aromatic N) is 1. The average molecular weight is 479 g/mol. The third kappa shape index (κ3) is 4.77. The van der Waals surface area contributed by atoms with E-state index in [9.17, 15) is 19.5 Å². The highest BCUT2D eigenvalue weighted by atomic mass is 16.5. The summed E-state index contributed by atoms with van der Waals surface area (Å²) >= 11 is 0. The van der Waals surface area contributed by atoms with E-state index in [1.165, 1.54) is 11.1 Å². The summed E-state index contributed by atoms with van der Waals surface area (Å²) in [6, 6.07) is 16.4. The molecule has 0 spiro atoms.